The summed E-state index contributed by atoms with van der Waals surface area (Å²) in [6, 6.07) is 13.7. The number of unbranched alkanes of at least 4 members (excludes halogenated alkanes) is 1. The third-order valence-corrected chi connectivity index (χ3v) is 6.13. The molecular weight excluding hydrogens is 437 g/mol. The van der Waals surface area contributed by atoms with E-state index in [1.165, 1.54) is 36.2 Å². The van der Waals surface area contributed by atoms with Gasteiger partial charge in [0, 0.05) is 32.2 Å². The molecule has 0 unspecified atom stereocenters. The second-order valence-corrected chi connectivity index (χ2v) is 8.63. The van der Waals surface area contributed by atoms with Crippen LogP contribution in [0.15, 0.2) is 48.5 Å². The molecule has 3 nitrogen and oxygen atoms in total. The van der Waals surface area contributed by atoms with Crippen LogP contribution in [-0.2, 0) is 6.18 Å². The molecule has 0 saturated carbocycles. The lowest BCUT2D eigenvalue weighted by Gasteiger charge is -2.39. The van der Waals surface area contributed by atoms with Crippen LogP contribution in [0.1, 0.15) is 43.2 Å². The van der Waals surface area contributed by atoms with Gasteiger partial charge in [0.2, 0.25) is 0 Å². The van der Waals surface area contributed by atoms with Crippen molar-refractivity contribution in [1.29, 1.82) is 0 Å². The molecule has 2 aromatic rings. The lowest BCUT2D eigenvalue weighted by Crippen LogP contribution is -2.42. The average molecular weight is 471 g/mol. The Balaban J connectivity index is 0.00000363. The molecule has 7 heteroatoms. The van der Waals surface area contributed by atoms with Gasteiger partial charge in [-0.15, -0.1) is 12.4 Å². The number of hydrogen-bond acceptors (Lipinski definition) is 3. The lowest BCUT2D eigenvalue weighted by atomic mass is 9.80. The van der Waals surface area contributed by atoms with Crippen molar-refractivity contribution in [3.8, 4) is 5.75 Å². The van der Waals surface area contributed by atoms with Gasteiger partial charge in [0.25, 0.3) is 0 Å². The Morgan fingerprint density at radius 3 is 2.25 bits per heavy atom. The first kappa shape index (κ1) is 26.3. The van der Waals surface area contributed by atoms with Crippen molar-refractivity contribution >= 4 is 18.1 Å². The van der Waals surface area contributed by atoms with Crippen LogP contribution in [0.3, 0.4) is 0 Å². The van der Waals surface area contributed by atoms with E-state index in [-0.39, 0.29) is 18.3 Å². The minimum Gasteiger partial charge on any atom is -0.493 e. The van der Waals surface area contributed by atoms with E-state index in [4.69, 9.17) is 4.74 Å². The molecule has 0 amide bonds. The van der Waals surface area contributed by atoms with Crippen LogP contribution in [-0.4, -0.2) is 45.2 Å². The number of piperidine rings is 1. The maximum atomic E-state index is 12.8. The summed E-state index contributed by atoms with van der Waals surface area (Å²) in [5, 5.41) is 0. The quantitative estimate of drug-likeness (QED) is 0.439. The molecule has 32 heavy (non-hydrogen) atoms. The summed E-state index contributed by atoms with van der Waals surface area (Å²) in [7, 11) is 4.06. The number of likely N-dealkylation sites (tertiary alicyclic amines) is 1. The highest BCUT2D eigenvalue weighted by atomic mass is 35.5. The SMILES string of the molecule is CCCCN1CC[C@@H](c2ccc(N(C)C)cc2)[C@H](COc2ccc(C(F)(F)F)cc2)C1.Cl. The average Bonchev–Trinajstić information content (AvgIpc) is 2.76. The number of halogens is 4. The van der Waals surface area contributed by atoms with Crippen LogP contribution >= 0.6 is 12.4 Å². The summed E-state index contributed by atoms with van der Waals surface area (Å²) in [5.74, 6) is 1.15. The van der Waals surface area contributed by atoms with Crippen LogP contribution in [0.25, 0.3) is 0 Å². The van der Waals surface area contributed by atoms with Gasteiger partial charge in [-0.1, -0.05) is 25.5 Å². The molecule has 2 atom stereocenters. The minimum atomic E-state index is -4.33. The van der Waals surface area contributed by atoms with Gasteiger partial charge in [0.1, 0.15) is 5.75 Å². The van der Waals surface area contributed by atoms with E-state index >= 15 is 0 Å². The van der Waals surface area contributed by atoms with Gasteiger partial charge in [-0.2, -0.15) is 13.2 Å². The van der Waals surface area contributed by atoms with Crippen molar-refractivity contribution in [3.05, 3.63) is 59.7 Å². The summed E-state index contributed by atoms with van der Waals surface area (Å²) in [5.41, 5.74) is 1.82. The van der Waals surface area contributed by atoms with E-state index in [1.54, 1.807) is 0 Å². The van der Waals surface area contributed by atoms with Gasteiger partial charge in [0.15, 0.2) is 0 Å². The second kappa shape index (κ2) is 11.8. The topological polar surface area (TPSA) is 15.7 Å². The van der Waals surface area contributed by atoms with Crippen molar-refractivity contribution in [2.45, 2.75) is 38.3 Å². The van der Waals surface area contributed by atoms with E-state index in [0.29, 0.717) is 18.3 Å². The van der Waals surface area contributed by atoms with Gasteiger partial charge in [0.05, 0.1) is 12.2 Å². The molecule has 1 heterocycles. The largest absolute Gasteiger partial charge is 0.493 e. The Morgan fingerprint density at radius 1 is 1.03 bits per heavy atom. The smallest absolute Gasteiger partial charge is 0.416 e. The summed E-state index contributed by atoms with van der Waals surface area (Å²) in [6.07, 6.45) is -0.926. The predicted octanol–water partition coefficient (Wildman–Crippen LogP) is 6.48. The van der Waals surface area contributed by atoms with Gasteiger partial charge in [-0.05, 0) is 73.8 Å². The first-order chi connectivity index (χ1) is 14.8. The Hall–Kier alpha value is -1.92. The number of ether oxygens (including phenoxy) is 1. The van der Waals surface area contributed by atoms with Gasteiger partial charge in [-0.25, -0.2) is 0 Å². The number of nitrogens with zero attached hydrogens (tertiary/aromatic N) is 2. The van der Waals surface area contributed by atoms with Crippen LogP contribution in [0.4, 0.5) is 18.9 Å². The standard InChI is InChI=1S/C25H33F3N2O.ClH/c1-4-5-15-30-16-14-24(19-6-10-22(11-7-19)29(2)3)20(17-30)18-31-23-12-8-21(9-13-23)25(26,27)28;/h6-13,20,24H,4-5,14-18H2,1-3H3;1H/t20-,24-;/m0./s1. The van der Waals surface area contributed by atoms with E-state index in [9.17, 15) is 13.2 Å². The number of anilines is 1. The van der Waals surface area contributed by atoms with E-state index in [1.807, 2.05) is 14.1 Å². The Bertz CT molecular complexity index is 809. The molecule has 1 aliphatic rings. The monoisotopic (exact) mass is 470 g/mol. The molecule has 0 radical (unpaired) electrons. The molecule has 0 N–H and O–H groups in total. The highest BCUT2D eigenvalue weighted by Crippen LogP contribution is 2.35. The number of hydrogen-bond donors (Lipinski definition) is 0. The van der Waals surface area contributed by atoms with E-state index in [0.717, 1.165) is 38.2 Å². The third-order valence-electron chi connectivity index (χ3n) is 6.13. The fraction of sp³-hybridized carbons (Fsp3) is 0.520. The van der Waals surface area contributed by atoms with E-state index in [2.05, 4.69) is 41.0 Å². The van der Waals surface area contributed by atoms with E-state index < -0.39 is 11.7 Å². The number of benzene rings is 2. The highest BCUT2D eigenvalue weighted by Gasteiger charge is 2.32. The summed E-state index contributed by atoms with van der Waals surface area (Å²) < 4.78 is 44.4. The van der Waals surface area contributed by atoms with Crippen LogP contribution in [0.5, 0.6) is 5.75 Å². The van der Waals surface area contributed by atoms with Crippen molar-refractivity contribution in [2.75, 3.05) is 45.2 Å². The summed E-state index contributed by atoms with van der Waals surface area (Å²) in [4.78, 5) is 4.58. The fourth-order valence-corrected chi connectivity index (χ4v) is 4.26. The number of rotatable bonds is 8. The molecule has 0 spiro atoms. The molecule has 0 bridgehead atoms. The minimum absolute atomic E-state index is 0. The highest BCUT2D eigenvalue weighted by molar-refractivity contribution is 5.85. The Morgan fingerprint density at radius 2 is 1.69 bits per heavy atom. The Kier molecular flexibility index (Phi) is 9.71. The second-order valence-electron chi connectivity index (χ2n) is 8.63. The van der Waals surface area contributed by atoms with Gasteiger partial charge in [-0.3, -0.25) is 0 Å². The Labute approximate surface area is 196 Å². The van der Waals surface area contributed by atoms with Crippen molar-refractivity contribution in [3.63, 3.8) is 0 Å². The normalized spacial score (nSPS) is 19.3. The molecule has 1 saturated heterocycles. The first-order valence-electron chi connectivity index (χ1n) is 11.1. The number of alkyl halides is 3. The van der Waals surface area contributed by atoms with Crippen LogP contribution in [0.2, 0.25) is 0 Å². The molecule has 2 aromatic carbocycles. The maximum Gasteiger partial charge on any atom is 0.416 e. The molecular formula is C25H34ClF3N2O. The van der Waals surface area contributed by atoms with Crippen molar-refractivity contribution in [1.82, 2.24) is 4.90 Å². The zero-order chi connectivity index (χ0) is 22.4. The maximum absolute atomic E-state index is 12.8. The fourth-order valence-electron chi connectivity index (χ4n) is 4.26. The lowest BCUT2D eigenvalue weighted by molar-refractivity contribution is -0.137. The molecule has 178 valence electrons. The van der Waals surface area contributed by atoms with Crippen molar-refractivity contribution < 1.29 is 17.9 Å². The molecule has 3 rings (SSSR count). The molecule has 1 aliphatic heterocycles. The zero-order valence-corrected chi connectivity index (χ0v) is 19.9. The van der Waals surface area contributed by atoms with Crippen LogP contribution < -0.4 is 9.64 Å². The molecule has 0 aromatic heterocycles. The zero-order valence-electron chi connectivity index (χ0n) is 19.1. The predicted molar refractivity (Wildman–Crippen MR) is 127 cm³/mol. The van der Waals surface area contributed by atoms with Crippen LogP contribution in [0, 0.1) is 5.92 Å². The summed E-state index contributed by atoms with van der Waals surface area (Å²) >= 11 is 0. The molecule has 1 fully saturated rings. The van der Waals surface area contributed by atoms with Crippen molar-refractivity contribution in [2.24, 2.45) is 5.92 Å². The first-order valence-corrected chi connectivity index (χ1v) is 11.1. The third kappa shape index (κ3) is 7.04. The summed E-state index contributed by atoms with van der Waals surface area (Å²) in [6.45, 7) is 5.79. The van der Waals surface area contributed by atoms with Gasteiger partial charge < -0.3 is 14.5 Å². The molecule has 0 aliphatic carbocycles. The van der Waals surface area contributed by atoms with Gasteiger partial charge >= 0.3 is 6.18 Å².